The Morgan fingerprint density at radius 1 is 1.22 bits per heavy atom. The lowest BCUT2D eigenvalue weighted by atomic mass is 10.1. The van der Waals surface area contributed by atoms with Crippen molar-refractivity contribution in [2.24, 2.45) is 13.0 Å². The summed E-state index contributed by atoms with van der Waals surface area (Å²) in [6.45, 7) is 3.40. The Hall–Kier alpha value is -3.30. The van der Waals surface area contributed by atoms with Crippen molar-refractivity contribution in [3.63, 3.8) is 0 Å². The molecule has 1 saturated heterocycles. The van der Waals surface area contributed by atoms with Gasteiger partial charge in [-0.15, -0.1) is 0 Å². The highest BCUT2D eigenvalue weighted by Crippen LogP contribution is 2.34. The normalized spacial score (nSPS) is 18.2. The van der Waals surface area contributed by atoms with Crippen molar-refractivity contribution in [2.75, 3.05) is 24.6 Å². The number of hydrogen-bond donors (Lipinski definition) is 0. The van der Waals surface area contributed by atoms with E-state index in [2.05, 4.69) is 10.00 Å². The van der Waals surface area contributed by atoms with Gasteiger partial charge in [-0.05, 0) is 50.3 Å². The third kappa shape index (κ3) is 4.26. The van der Waals surface area contributed by atoms with Crippen LogP contribution in [0.3, 0.4) is 0 Å². The Morgan fingerprint density at radius 2 is 2.06 bits per heavy atom. The number of morpholine rings is 1. The van der Waals surface area contributed by atoms with Crippen LogP contribution in [0.15, 0.2) is 41.6 Å². The predicted molar refractivity (Wildman–Crippen MR) is 135 cm³/mol. The number of rotatable bonds is 5. The molecule has 2 fully saturated rings. The summed E-state index contributed by atoms with van der Waals surface area (Å²) in [4.78, 5) is 25.3. The van der Waals surface area contributed by atoms with Gasteiger partial charge in [-0.3, -0.25) is 13.9 Å². The molecular weight excluding hydrogens is 483 g/mol. The quantitative estimate of drug-likeness (QED) is 0.403. The van der Waals surface area contributed by atoms with E-state index in [0.29, 0.717) is 53.4 Å². The summed E-state index contributed by atoms with van der Waals surface area (Å²) >= 11 is 6.03. The molecule has 36 heavy (non-hydrogen) atoms. The molecule has 0 N–H and O–H groups in total. The fourth-order valence-corrected chi connectivity index (χ4v) is 4.89. The van der Waals surface area contributed by atoms with Crippen molar-refractivity contribution >= 4 is 23.1 Å². The zero-order valence-electron chi connectivity index (χ0n) is 20.1. The molecule has 4 aromatic rings. The second-order valence-corrected chi connectivity index (χ2v) is 10.1. The van der Waals surface area contributed by atoms with Gasteiger partial charge in [0.25, 0.3) is 5.56 Å². The van der Waals surface area contributed by atoms with Crippen molar-refractivity contribution in [1.29, 1.82) is 0 Å². The number of aromatic nitrogens is 5. The number of hydrogen-bond acceptors (Lipinski definition) is 6. The lowest BCUT2D eigenvalue weighted by Crippen LogP contribution is -2.39. The molecule has 1 aliphatic carbocycles. The molecule has 1 aliphatic heterocycles. The summed E-state index contributed by atoms with van der Waals surface area (Å²) in [5.41, 5.74) is 3.11. The topological polar surface area (TPSA) is 77.6 Å². The van der Waals surface area contributed by atoms with Gasteiger partial charge in [-0.1, -0.05) is 11.6 Å². The van der Waals surface area contributed by atoms with Crippen molar-refractivity contribution < 1.29 is 9.13 Å². The summed E-state index contributed by atoms with van der Waals surface area (Å²) in [6.07, 6.45) is 8.26. The van der Waals surface area contributed by atoms with Crippen LogP contribution in [0, 0.1) is 18.7 Å². The van der Waals surface area contributed by atoms with Gasteiger partial charge in [0.2, 0.25) is 0 Å². The van der Waals surface area contributed by atoms with E-state index in [1.165, 1.54) is 10.5 Å². The van der Waals surface area contributed by atoms with E-state index < -0.39 is 5.82 Å². The Kier molecular flexibility index (Phi) is 5.76. The van der Waals surface area contributed by atoms with E-state index in [9.17, 15) is 4.79 Å². The first-order valence-electron chi connectivity index (χ1n) is 12.1. The van der Waals surface area contributed by atoms with Crippen molar-refractivity contribution in [3.8, 4) is 11.3 Å². The molecule has 2 aliphatic rings. The predicted octanol–water partition coefficient (Wildman–Crippen LogP) is 4.12. The summed E-state index contributed by atoms with van der Waals surface area (Å²) in [5.74, 6) is 0.601. The second kappa shape index (κ2) is 8.97. The lowest BCUT2D eigenvalue weighted by Gasteiger charge is -2.33. The molecule has 0 bridgehead atoms. The number of anilines is 1. The zero-order valence-corrected chi connectivity index (χ0v) is 20.9. The number of halogens is 2. The molecule has 0 spiro atoms. The molecule has 4 heterocycles. The molecular formula is C26H26ClFN6O2. The van der Waals surface area contributed by atoms with Crippen LogP contribution in [0.5, 0.6) is 0 Å². The van der Waals surface area contributed by atoms with Gasteiger partial charge in [0, 0.05) is 41.5 Å². The number of ether oxygens (including phenoxy) is 1. The maximum Gasteiger partial charge on any atom is 0.261 e. The van der Waals surface area contributed by atoms with E-state index in [4.69, 9.17) is 26.3 Å². The van der Waals surface area contributed by atoms with Crippen LogP contribution in [0.25, 0.3) is 16.9 Å². The van der Waals surface area contributed by atoms with Crippen LogP contribution in [-0.2, 0) is 18.2 Å². The van der Waals surface area contributed by atoms with Gasteiger partial charge in [-0.2, -0.15) is 5.10 Å². The molecule has 8 nitrogen and oxygen atoms in total. The fraction of sp³-hybridized carbons (Fsp3) is 0.385. The van der Waals surface area contributed by atoms with Gasteiger partial charge in [0.05, 0.1) is 31.2 Å². The molecule has 0 radical (unpaired) electrons. The van der Waals surface area contributed by atoms with Crippen LogP contribution >= 0.6 is 11.6 Å². The van der Waals surface area contributed by atoms with Gasteiger partial charge in [-0.25, -0.2) is 14.4 Å². The van der Waals surface area contributed by atoms with Gasteiger partial charge in [0.1, 0.15) is 23.4 Å². The maximum atomic E-state index is 15.1. The van der Waals surface area contributed by atoms with E-state index in [1.807, 2.05) is 20.2 Å². The first-order chi connectivity index (χ1) is 17.4. The fourth-order valence-electron chi connectivity index (χ4n) is 4.74. The van der Waals surface area contributed by atoms with Crippen LogP contribution < -0.4 is 10.5 Å². The highest BCUT2D eigenvalue weighted by atomic mass is 35.5. The molecule has 10 heteroatoms. The SMILES string of the molecule is Cc1c(CC2CC2)nc2c(-c3ccc(Cl)cc3F)nc(N3CCOC(c4cnn(C)c4)C3)cn2c1=O. The van der Waals surface area contributed by atoms with E-state index in [-0.39, 0.29) is 17.2 Å². The van der Waals surface area contributed by atoms with Gasteiger partial charge in [0.15, 0.2) is 5.65 Å². The van der Waals surface area contributed by atoms with Crippen LogP contribution in [-0.4, -0.2) is 43.8 Å². The van der Waals surface area contributed by atoms with Gasteiger partial charge >= 0.3 is 0 Å². The largest absolute Gasteiger partial charge is 0.370 e. The molecule has 0 amide bonds. The van der Waals surface area contributed by atoms with Crippen molar-refractivity contribution in [1.82, 2.24) is 24.1 Å². The maximum absolute atomic E-state index is 15.1. The minimum atomic E-state index is -0.511. The van der Waals surface area contributed by atoms with Crippen molar-refractivity contribution in [3.05, 3.63) is 74.8 Å². The Balaban J connectivity index is 1.50. The van der Waals surface area contributed by atoms with Crippen molar-refractivity contribution in [2.45, 2.75) is 32.3 Å². The highest BCUT2D eigenvalue weighted by Gasteiger charge is 2.28. The third-order valence-corrected chi connectivity index (χ3v) is 7.21. The zero-order chi connectivity index (χ0) is 25.0. The third-order valence-electron chi connectivity index (χ3n) is 6.98. The van der Waals surface area contributed by atoms with E-state index >= 15 is 4.39 Å². The van der Waals surface area contributed by atoms with Gasteiger partial charge < -0.3 is 9.64 Å². The average Bonchev–Trinajstić information content (AvgIpc) is 3.58. The second-order valence-electron chi connectivity index (χ2n) is 9.65. The van der Waals surface area contributed by atoms with E-state index in [1.54, 1.807) is 29.2 Å². The summed E-state index contributed by atoms with van der Waals surface area (Å²) in [6, 6.07) is 4.47. The van der Waals surface area contributed by atoms with Crippen LogP contribution in [0.4, 0.5) is 10.2 Å². The smallest absolute Gasteiger partial charge is 0.261 e. The van der Waals surface area contributed by atoms with E-state index in [0.717, 1.165) is 30.5 Å². The molecule has 1 saturated carbocycles. The number of nitrogens with zero attached hydrogens (tertiary/aromatic N) is 6. The summed E-state index contributed by atoms with van der Waals surface area (Å²) in [5, 5.41) is 4.54. The van der Waals surface area contributed by atoms with Crippen LogP contribution in [0.2, 0.25) is 5.02 Å². The molecule has 186 valence electrons. The standard InChI is InChI=1S/C26H26ClFN6O2/c1-15-21(9-16-3-4-16)30-25-24(19-6-5-18(27)10-20(19)28)31-23(14-34(25)26(15)35)33-7-8-36-22(13-33)17-11-29-32(2)12-17/h5-6,10-12,14,16,22H,3-4,7-9,13H2,1-2H3. The Morgan fingerprint density at radius 3 is 2.78 bits per heavy atom. The number of aryl methyl sites for hydroxylation is 1. The molecule has 1 aromatic carbocycles. The minimum Gasteiger partial charge on any atom is -0.370 e. The summed E-state index contributed by atoms with van der Waals surface area (Å²) in [7, 11) is 1.86. The Bertz CT molecular complexity index is 1530. The Labute approximate surface area is 212 Å². The minimum absolute atomic E-state index is 0.160. The lowest BCUT2D eigenvalue weighted by molar-refractivity contribution is 0.0394. The highest BCUT2D eigenvalue weighted by molar-refractivity contribution is 6.30. The average molecular weight is 509 g/mol. The molecule has 1 atom stereocenters. The molecule has 6 rings (SSSR count). The van der Waals surface area contributed by atoms with Crippen LogP contribution in [0.1, 0.15) is 35.8 Å². The number of fused-ring (bicyclic) bond motifs is 1. The molecule has 1 unspecified atom stereocenters. The molecule has 3 aromatic heterocycles. The monoisotopic (exact) mass is 508 g/mol. The summed E-state index contributed by atoms with van der Waals surface area (Å²) < 4.78 is 24.4. The first-order valence-corrected chi connectivity index (χ1v) is 12.5. The first kappa shape index (κ1) is 23.1. The number of benzene rings is 1.